The smallest absolute Gasteiger partial charge is 0.504 e. The molecule has 0 aromatic heterocycles. The second-order valence-electron chi connectivity index (χ2n) is 6.19. The molecule has 4 N–H and O–H groups in total. The van der Waals surface area contributed by atoms with Crippen LogP contribution >= 0.6 is 0 Å². The molecular formula is C18H27NO7. The molecule has 8 heteroatoms. The number of carbonyl (C=O) groups is 2. The van der Waals surface area contributed by atoms with Crippen LogP contribution in [-0.4, -0.2) is 46.7 Å². The molecule has 1 unspecified atom stereocenters. The van der Waals surface area contributed by atoms with Crippen molar-refractivity contribution in [3.63, 3.8) is 0 Å². The van der Waals surface area contributed by atoms with Gasteiger partial charge in [-0.1, -0.05) is 13.0 Å². The molecule has 0 saturated carbocycles. The minimum Gasteiger partial charge on any atom is -0.504 e. The lowest BCUT2D eigenvalue weighted by Crippen LogP contribution is -2.39. The van der Waals surface area contributed by atoms with Gasteiger partial charge in [0.25, 0.3) is 0 Å². The van der Waals surface area contributed by atoms with Gasteiger partial charge in [0, 0.05) is 0 Å². The molecule has 8 nitrogen and oxygen atoms in total. The lowest BCUT2D eigenvalue weighted by molar-refractivity contribution is -0.155. The maximum atomic E-state index is 12.1. The van der Waals surface area contributed by atoms with Crippen molar-refractivity contribution in [2.24, 2.45) is 5.73 Å². The van der Waals surface area contributed by atoms with Crippen molar-refractivity contribution < 1.29 is 34.0 Å². The van der Waals surface area contributed by atoms with E-state index in [4.69, 9.17) is 19.9 Å². The quantitative estimate of drug-likeness (QED) is 0.470. The number of aromatic hydroxyl groups is 2. The molecule has 1 rings (SSSR count). The van der Waals surface area contributed by atoms with Gasteiger partial charge in [-0.3, -0.25) is 4.79 Å². The number of nitrogens with two attached hydrogens (primary N) is 1. The van der Waals surface area contributed by atoms with Crippen molar-refractivity contribution in [2.75, 3.05) is 0 Å². The molecule has 4 atom stereocenters. The van der Waals surface area contributed by atoms with Gasteiger partial charge in [-0.25, -0.2) is 4.79 Å². The maximum Gasteiger partial charge on any atom is 0.508 e. The van der Waals surface area contributed by atoms with E-state index < -0.39 is 30.4 Å². The predicted molar refractivity (Wildman–Crippen MR) is 93.8 cm³/mol. The number of hydrogen-bond acceptors (Lipinski definition) is 8. The van der Waals surface area contributed by atoms with Crippen molar-refractivity contribution in [3.05, 3.63) is 23.8 Å². The highest BCUT2D eigenvalue weighted by Crippen LogP contribution is 2.25. The van der Waals surface area contributed by atoms with Crippen LogP contribution in [0.2, 0.25) is 0 Å². The molecule has 0 aliphatic heterocycles. The van der Waals surface area contributed by atoms with Crippen molar-refractivity contribution in [2.45, 2.75) is 64.9 Å². The largest absolute Gasteiger partial charge is 0.508 e. The number of carbonyl (C=O) groups excluding carboxylic acids is 2. The Morgan fingerprint density at radius 1 is 1.04 bits per heavy atom. The van der Waals surface area contributed by atoms with Crippen molar-refractivity contribution in [1.29, 1.82) is 0 Å². The summed E-state index contributed by atoms with van der Waals surface area (Å²) in [5.74, 6) is -1.22. The van der Waals surface area contributed by atoms with Gasteiger partial charge in [-0.15, -0.1) is 0 Å². The van der Waals surface area contributed by atoms with E-state index in [0.717, 1.165) is 0 Å². The predicted octanol–water partition coefficient (Wildman–Crippen LogP) is 2.24. The van der Waals surface area contributed by atoms with Crippen LogP contribution in [0, 0.1) is 0 Å². The van der Waals surface area contributed by atoms with Crippen molar-refractivity contribution >= 4 is 12.1 Å². The maximum absolute atomic E-state index is 12.1. The van der Waals surface area contributed by atoms with E-state index in [1.54, 1.807) is 26.8 Å². The number of hydrogen-bond donors (Lipinski definition) is 3. The summed E-state index contributed by atoms with van der Waals surface area (Å²) < 4.78 is 15.3. The van der Waals surface area contributed by atoms with Crippen LogP contribution < -0.4 is 5.73 Å². The minimum absolute atomic E-state index is 0.116. The molecule has 0 saturated heterocycles. The highest BCUT2D eigenvalue weighted by Gasteiger charge is 2.25. The van der Waals surface area contributed by atoms with E-state index in [1.165, 1.54) is 12.1 Å². The van der Waals surface area contributed by atoms with Gasteiger partial charge in [0.15, 0.2) is 11.5 Å². The molecule has 0 heterocycles. The van der Waals surface area contributed by atoms with Crippen molar-refractivity contribution in [3.8, 4) is 11.5 Å². The minimum atomic E-state index is -0.972. The second kappa shape index (κ2) is 9.86. The summed E-state index contributed by atoms with van der Waals surface area (Å²) in [5, 5.41) is 18.8. The van der Waals surface area contributed by atoms with Crippen molar-refractivity contribution in [1.82, 2.24) is 0 Å². The first-order valence-corrected chi connectivity index (χ1v) is 8.48. The Labute approximate surface area is 152 Å². The Morgan fingerprint density at radius 3 is 2.23 bits per heavy atom. The highest BCUT2D eigenvalue weighted by atomic mass is 16.7. The summed E-state index contributed by atoms with van der Waals surface area (Å²) in [6.45, 7) is 6.79. The molecular weight excluding hydrogens is 342 g/mol. The third-order valence-electron chi connectivity index (χ3n) is 3.92. The summed E-state index contributed by atoms with van der Waals surface area (Å²) >= 11 is 0. The van der Waals surface area contributed by atoms with Gasteiger partial charge >= 0.3 is 12.1 Å². The third-order valence-corrected chi connectivity index (χ3v) is 3.92. The molecule has 0 aliphatic rings. The molecule has 0 radical (unpaired) electrons. The Hall–Kier alpha value is -2.48. The average molecular weight is 369 g/mol. The fraction of sp³-hybridized carbons (Fsp3) is 0.556. The van der Waals surface area contributed by atoms with Gasteiger partial charge in [0.1, 0.15) is 24.4 Å². The Bertz CT molecular complexity index is 620. The molecule has 1 aromatic carbocycles. The standard InChI is InChI=1S/C18H27NO7/c1-5-10(2)24-18(23)26-12(4)11(3)25-17(22)14(19)8-13-6-7-15(20)16(21)9-13/h6-7,9-12,14,20-21H,5,8,19H2,1-4H3/t10?,11-,12-,14-/m0/s1. The van der Waals surface area contributed by atoms with Crippen LogP contribution in [0.4, 0.5) is 4.79 Å². The first kappa shape index (κ1) is 21.6. The zero-order chi connectivity index (χ0) is 19.9. The first-order valence-electron chi connectivity index (χ1n) is 8.48. The highest BCUT2D eigenvalue weighted by molar-refractivity contribution is 5.76. The zero-order valence-electron chi connectivity index (χ0n) is 15.5. The third kappa shape index (κ3) is 6.79. The van der Waals surface area contributed by atoms with E-state index in [9.17, 15) is 19.8 Å². The van der Waals surface area contributed by atoms with Crippen LogP contribution in [0.15, 0.2) is 18.2 Å². The number of ether oxygens (including phenoxy) is 3. The summed E-state index contributed by atoms with van der Waals surface area (Å²) in [6, 6.07) is 3.20. The Kier molecular flexibility index (Phi) is 8.18. The molecule has 146 valence electrons. The summed E-state index contributed by atoms with van der Waals surface area (Å²) in [7, 11) is 0. The van der Waals surface area contributed by atoms with Gasteiger partial charge in [-0.05, 0) is 51.3 Å². The SMILES string of the molecule is CCC(C)OC(=O)O[C@@H](C)[C@H](C)OC(=O)[C@@H](N)Cc1ccc(O)c(O)c1. The summed E-state index contributed by atoms with van der Waals surface area (Å²) in [6.07, 6.45) is -1.73. The lowest BCUT2D eigenvalue weighted by Gasteiger charge is -2.22. The molecule has 0 spiro atoms. The summed E-state index contributed by atoms with van der Waals surface area (Å²) in [5.41, 5.74) is 6.39. The van der Waals surface area contributed by atoms with Crippen LogP contribution in [0.5, 0.6) is 11.5 Å². The fourth-order valence-corrected chi connectivity index (χ4v) is 1.92. The summed E-state index contributed by atoms with van der Waals surface area (Å²) in [4.78, 5) is 23.7. The number of rotatable bonds is 8. The molecule has 0 fully saturated rings. The van der Waals surface area contributed by atoms with Gasteiger partial charge in [0.2, 0.25) is 0 Å². The van der Waals surface area contributed by atoms with Crippen LogP contribution in [0.1, 0.15) is 39.7 Å². The van der Waals surface area contributed by atoms with E-state index in [1.807, 2.05) is 6.92 Å². The number of phenolic OH excluding ortho intramolecular Hbond substituents is 2. The molecule has 0 amide bonds. The molecule has 26 heavy (non-hydrogen) atoms. The van der Waals surface area contributed by atoms with Crippen LogP contribution in [0.25, 0.3) is 0 Å². The lowest BCUT2D eigenvalue weighted by atomic mass is 10.1. The van der Waals surface area contributed by atoms with E-state index in [2.05, 4.69) is 0 Å². The van der Waals surface area contributed by atoms with Crippen LogP contribution in [-0.2, 0) is 25.4 Å². The number of esters is 1. The van der Waals surface area contributed by atoms with Crippen LogP contribution in [0.3, 0.4) is 0 Å². The van der Waals surface area contributed by atoms with E-state index >= 15 is 0 Å². The fourth-order valence-electron chi connectivity index (χ4n) is 1.92. The molecule has 0 bridgehead atoms. The first-order chi connectivity index (χ1) is 12.1. The average Bonchev–Trinajstić information content (AvgIpc) is 2.57. The van der Waals surface area contributed by atoms with E-state index in [0.29, 0.717) is 12.0 Å². The monoisotopic (exact) mass is 369 g/mol. The molecule has 0 aliphatic carbocycles. The van der Waals surface area contributed by atoms with Gasteiger partial charge < -0.3 is 30.2 Å². The van der Waals surface area contributed by atoms with E-state index in [-0.39, 0.29) is 24.0 Å². The topological polar surface area (TPSA) is 128 Å². The Balaban J connectivity index is 2.51. The second-order valence-corrected chi connectivity index (χ2v) is 6.19. The molecule has 1 aromatic rings. The Morgan fingerprint density at radius 2 is 1.65 bits per heavy atom. The number of benzene rings is 1. The van der Waals surface area contributed by atoms with Gasteiger partial charge in [-0.2, -0.15) is 0 Å². The zero-order valence-corrected chi connectivity index (χ0v) is 15.5. The number of phenols is 2. The van der Waals surface area contributed by atoms with Gasteiger partial charge in [0.05, 0.1) is 0 Å². The normalized spacial score (nSPS) is 15.4.